The summed E-state index contributed by atoms with van der Waals surface area (Å²) >= 11 is 0. The van der Waals surface area contributed by atoms with Gasteiger partial charge in [-0.2, -0.15) is 0 Å². The molecule has 0 bridgehead atoms. The highest BCUT2D eigenvalue weighted by atomic mass is 19.2. The summed E-state index contributed by atoms with van der Waals surface area (Å²) < 4.78 is 26.4. The average Bonchev–Trinajstić information content (AvgIpc) is 3.21. The van der Waals surface area contributed by atoms with E-state index in [0.29, 0.717) is 24.1 Å². The average molecular weight is 356 g/mol. The van der Waals surface area contributed by atoms with Gasteiger partial charge in [0.25, 0.3) is 17.7 Å². The first kappa shape index (κ1) is 16.4. The molecule has 2 aliphatic heterocycles. The molecule has 0 N–H and O–H groups in total. The summed E-state index contributed by atoms with van der Waals surface area (Å²) in [4.78, 5) is 40.2. The van der Waals surface area contributed by atoms with E-state index in [1.165, 1.54) is 15.9 Å². The molecule has 2 heterocycles. The Labute approximate surface area is 147 Å². The second-order valence-electron chi connectivity index (χ2n) is 6.35. The lowest BCUT2D eigenvalue weighted by atomic mass is 10.1. The van der Waals surface area contributed by atoms with E-state index >= 15 is 0 Å². The van der Waals surface area contributed by atoms with E-state index in [1.54, 1.807) is 24.3 Å². The summed E-state index contributed by atoms with van der Waals surface area (Å²) in [5.74, 6) is -3.29. The first-order valence-electron chi connectivity index (χ1n) is 8.18. The molecule has 7 heteroatoms. The van der Waals surface area contributed by atoms with Crippen LogP contribution in [0, 0.1) is 11.6 Å². The number of hydrogen-bond donors (Lipinski definition) is 0. The van der Waals surface area contributed by atoms with E-state index in [2.05, 4.69) is 0 Å². The molecular formula is C19H14F2N2O3. The number of halogens is 2. The van der Waals surface area contributed by atoms with Crippen LogP contribution >= 0.6 is 0 Å². The van der Waals surface area contributed by atoms with Crippen molar-refractivity contribution in [3.05, 3.63) is 70.8 Å². The van der Waals surface area contributed by atoms with Crippen LogP contribution in [0.3, 0.4) is 0 Å². The zero-order valence-electron chi connectivity index (χ0n) is 13.6. The van der Waals surface area contributed by atoms with E-state index in [0.717, 1.165) is 12.1 Å². The van der Waals surface area contributed by atoms with Crippen molar-refractivity contribution < 1.29 is 23.2 Å². The van der Waals surface area contributed by atoms with Crippen LogP contribution in [0.4, 0.5) is 8.78 Å². The molecule has 4 rings (SSSR count). The molecule has 0 spiro atoms. The van der Waals surface area contributed by atoms with Gasteiger partial charge in [0.05, 0.1) is 17.2 Å². The Morgan fingerprint density at radius 3 is 2.23 bits per heavy atom. The molecular weight excluding hydrogens is 342 g/mol. The minimum absolute atomic E-state index is 0.0342. The minimum Gasteiger partial charge on any atom is -0.336 e. The first-order valence-corrected chi connectivity index (χ1v) is 8.18. The number of rotatable bonds is 2. The Morgan fingerprint density at radius 1 is 0.962 bits per heavy atom. The maximum absolute atomic E-state index is 13.4. The molecule has 3 amide bonds. The molecule has 1 atom stereocenters. The van der Waals surface area contributed by atoms with Gasteiger partial charge in [0.1, 0.15) is 0 Å². The number of likely N-dealkylation sites (tertiary alicyclic amines) is 1. The summed E-state index contributed by atoms with van der Waals surface area (Å²) in [6, 6.07) is 9.14. The van der Waals surface area contributed by atoms with Crippen molar-refractivity contribution in [2.24, 2.45) is 0 Å². The number of amides is 3. The predicted octanol–water partition coefficient (Wildman–Crippen LogP) is 2.48. The highest BCUT2D eigenvalue weighted by molar-refractivity contribution is 6.21. The van der Waals surface area contributed by atoms with Crippen LogP contribution in [0.25, 0.3) is 0 Å². The number of fused-ring (bicyclic) bond motifs is 1. The molecule has 1 unspecified atom stereocenters. The van der Waals surface area contributed by atoms with Crippen molar-refractivity contribution in [1.82, 2.24) is 9.80 Å². The molecule has 0 aliphatic carbocycles. The molecule has 5 nitrogen and oxygen atoms in total. The maximum atomic E-state index is 13.4. The highest BCUT2D eigenvalue weighted by Gasteiger charge is 2.42. The van der Waals surface area contributed by atoms with Gasteiger partial charge in [-0.05, 0) is 36.8 Å². The van der Waals surface area contributed by atoms with Crippen molar-refractivity contribution in [3.8, 4) is 0 Å². The van der Waals surface area contributed by atoms with Crippen LogP contribution in [0.2, 0.25) is 0 Å². The Hall–Kier alpha value is -3.09. The number of carbonyl (C=O) groups is 3. The lowest BCUT2D eigenvalue weighted by Gasteiger charge is -2.22. The van der Waals surface area contributed by atoms with Gasteiger partial charge in [-0.25, -0.2) is 8.78 Å². The molecule has 0 aromatic heterocycles. The van der Waals surface area contributed by atoms with Gasteiger partial charge in [-0.1, -0.05) is 12.1 Å². The van der Waals surface area contributed by atoms with Crippen molar-refractivity contribution in [2.75, 3.05) is 13.1 Å². The third-order valence-corrected chi connectivity index (χ3v) is 4.81. The Balaban J connectivity index is 1.52. The van der Waals surface area contributed by atoms with Gasteiger partial charge in [-0.15, -0.1) is 0 Å². The Morgan fingerprint density at radius 2 is 1.62 bits per heavy atom. The molecule has 0 saturated carbocycles. The second-order valence-corrected chi connectivity index (χ2v) is 6.35. The van der Waals surface area contributed by atoms with Crippen molar-refractivity contribution in [2.45, 2.75) is 12.5 Å². The first-order chi connectivity index (χ1) is 12.5. The molecule has 1 saturated heterocycles. The van der Waals surface area contributed by atoms with E-state index in [-0.39, 0.29) is 23.9 Å². The van der Waals surface area contributed by atoms with Gasteiger partial charge >= 0.3 is 0 Å². The predicted molar refractivity (Wildman–Crippen MR) is 87.6 cm³/mol. The fourth-order valence-corrected chi connectivity index (χ4v) is 3.49. The topological polar surface area (TPSA) is 57.7 Å². The van der Waals surface area contributed by atoms with Gasteiger partial charge in [0.2, 0.25) is 0 Å². The summed E-state index contributed by atoms with van der Waals surface area (Å²) in [6.07, 6.45) is 0.445. The zero-order chi connectivity index (χ0) is 18.4. The summed E-state index contributed by atoms with van der Waals surface area (Å²) in [6.45, 7) is 0.499. The van der Waals surface area contributed by atoms with Crippen LogP contribution in [0.15, 0.2) is 42.5 Å². The molecule has 2 aromatic carbocycles. The summed E-state index contributed by atoms with van der Waals surface area (Å²) in [7, 11) is 0. The number of imide groups is 1. The smallest absolute Gasteiger partial charge is 0.261 e. The quantitative estimate of drug-likeness (QED) is 0.777. The molecule has 0 radical (unpaired) electrons. The van der Waals surface area contributed by atoms with E-state index in [1.807, 2.05) is 0 Å². The third-order valence-electron chi connectivity index (χ3n) is 4.81. The number of hydrogen-bond acceptors (Lipinski definition) is 3. The maximum Gasteiger partial charge on any atom is 0.261 e. The molecule has 2 aliphatic rings. The molecule has 132 valence electrons. The van der Waals surface area contributed by atoms with Crippen LogP contribution < -0.4 is 0 Å². The van der Waals surface area contributed by atoms with Crippen molar-refractivity contribution >= 4 is 17.7 Å². The van der Waals surface area contributed by atoms with Crippen LogP contribution in [-0.4, -0.2) is 46.7 Å². The van der Waals surface area contributed by atoms with E-state index < -0.39 is 23.6 Å². The summed E-state index contributed by atoms with van der Waals surface area (Å²) in [5.41, 5.74) is 0.762. The van der Waals surface area contributed by atoms with Crippen LogP contribution in [-0.2, 0) is 0 Å². The fraction of sp³-hybridized carbons (Fsp3) is 0.211. The van der Waals surface area contributed by atoms with Gasteiger partial charge in [0, 0.05) is 18.7 Å². The summed E-state index contributed by atoms with van der Waals surface area (Å²) in [5, 5.41) is 0. The molecule has 26 heavy (non-hydrogen) atoms. The minimum atomic E-state index is -1.09. The van der Waals surface area contributed by atoms with Crippen molar-refractivity contribution in [3.63, 3.8) is 0 Å². The van der Waals surface area contributed by atoms with Crippen LogP contribution in [0.1, 0.15) is 37.5 Å². The van der Waals surface area contributed by atoms with Gasteiger partial charge < -0.3 is 4.90 Å². The standard InChI is InChI=1S/C19H14F2N2O3/c20-15-6-5-11(9-16(15)21)17(24)22-8-7-12(10-22)23-18(25)13-3-1-2-4-14(13)19(23)26/h1-6,9,12H,7-8,10H2. The monoisotopic (exact) mass is 356 g/mol. The third kappa shape index (κ3) is 2.47. The fourth-order valence-electron chi connectivity index (χ4n) is 3.49. The Bertz CT molecular complexity index is 909. The lowest BCUT2D eigenvalue weighted by molar-refractivity contribution is 0.0574. The molecule has 2 aromatic rings. The second kappa shape index (κ2) is 6.01. The van der Waals surface area contributed by atoms with Gasteiger partial charge in [0.15, 0.2) is 11.6 Å². The number of benzene rings is 2. The van der Waals surface area contributed by atoms with Crippen molar-refractivity contribution in [1.29, 1.82) is 0 Å². The Kier molecular flexibility index (Phi) is 3.79. The SMILES string of the molecule is O=C(c1ccc(F)c(F)c1)N1CCC(N2C(=O)c3ccccc3C2=O)C1. The lowest BCUT2D eigenvalue weighted by Crippen LogP contribution is -2.42. The van der Waals surface area contributed by atoms with Gasteiger partial charge in [-0.3, -0.25) is 19.3 Å². The largest absolute Gasteiger partial charge is 0.336 e. The zero-order valence-corrected chi connectivity index (χ0v) is 13.6. The number of nitrogens with zero attached hydrogens (tertiary/aromatic N) is 2. The highest BCUT2D eigenvalue weighted by Crippen LogP contribution is 2.28. The molecule has 1 fully saturated rings. The number of carbonyl (C=O) groups excluding carboxylic acids is 3. The van der Waals surface area contributed by atoms with Crippen LogP contribution in [0.5, 0.6) is 0 Å². The van der Waals surface area contributed by atoms with E-state index in [9.17, 15) is 23.2 Å². The van der Waals surface area contributed by atoms with E-state index in [4.69, 9.17) is 0 Å². The normalized spacial score (nSPS) is 19.2.